The molecule has 1 aromatic heterocycles. The van der Waals surface area contributed by atoms with Crippen molar-refractivity contribution in [3.63, 3.8) is 0 Å². The van der Waals surface area contributed by atoms with Crippen molar-refractivity contribution < 1.29 is 4.42 Å². The Balaban J connectivity index is 1.78. The normalized spacial score (nSPS) is 11.0. The molecule has 3 heteroatoms. The third-order valence-corrected chi connectivity index (χ3v) is 3.20. The lowest BCUT2D eigenvalue weighted by atomic mass is 10.1. The third kappa shape index (κ3) is 3.15. The molecule has 0 unspecified atom stereocenters. The molecule has 2 aromatic carbocycles. The maximum Gasteiger partial charge on any atom is 0.134 e. The zero-order valence-corrected chi connectivity index (χ0v) is 11.5. The van der Waals surface area contributed by atoms with Gasteiger partial charge in [0, 0.05) is 16.9 Å². The molecule has 3 rings (SSSR count). The molecule has 0 saturated heterocycles. The largest absolute Gasteiger partial charge is 0.457 e. The number of anilines is 2. The fourth-order valence-electron chi connectivity index (χ4n) is 2.03. The van der Waals surface area contributed by atoms with Gasteiger partial charge in [0.2, 0.25) is 0 Å². The Hall–Kier alpha value is -2.94. The standard InChI is InChI=1S/C18H16N2O/c19-15-6-1-13(2-7-15)3-10-17-11-12-18(21-17)14-4-8-16(20)9-5-14/h1-12H,19-20H2. The van der Waals surface area contributed by atoms with Crippen LogP contribution in [0.2, 0.25) is 0 Å². The highest BCUT2D eigenvalue weighted by Crippen LogP contribution is 2.24. The van der Waals surface area contributed by atoms with Crippen LogP contribution in [0.15, 0.2) is 65.1 Å². The monoisotopic (exact) mass is 276 g/mol. The van der Waals surface area contributed by atoms with Crippen molar-refractivity contribution in [3.8, 4) is 11.3 Å². The minimum atomic E-state index is 0.744. The van der Waals surface area contributed by atoms with Crippen LogP contribution in [-0.4, -0.2) is 0 Å². The third-order valence-electron chi connectivity index (χ3n) is 3.20. The van der Waals surface area contributed by atoms with E-state index in [2.05, 4.69) is 0 Å². The number of nitrogens with two attached hydrogens (primary N) is 2. The smallest absolute Gasteiger partial charge is 0.134 e. The van der Waals surface area contributed by atoms with Gasteiger partial charge in [0.1, 0.15) is 11.5 Å². The summed E-state index contributed by atoms with van der Waals surface area (Å²) in [6.45, 7) is 0. The molecule has 3 aromatic rings. The predicted octanol–water partition coefficient (Wildman–Crippen LogP) is 4.28. The summed E-state index contributed by atoms with van der Waals surface area (Å²) in [4.78, 5) is 0. The predicted molar refractivity (Wildman–Crippen MR) is 88.3 cm³/mol. The number of nitrogen functional groups attached to an aromatic ring is 2. The van der Waals surface area contributed by atoms with E-state index in [-0.39, 0.29) is 0 Å². The second kappa shape index (κ2) is 5.59. The molecule has 0 spiro atoms. The summed E-state index contributed by atoms with van der Waals surface area (Å²) in [6, 6.07) is 19.2. The van der Waals surface area contributed by atoms with E-state index in [0.29, 0.717) is 0 Å². The minimum Gasteiger partial charge on any atom is -0.457 e. The molecule has 0 bridgehead atoms. The molecule has 0 aliphatic rings. The molecule has 1 heterocycles. The molecule has 0 aliphatic carbocycles. The summed E-state index contributed by atoms with van der Waals surface area (Å²) < 4.78 is 5.80. The van der Waals surface area contributed by atoms with Gasteiger partial charge in [0.25, 0.3) is 0 Å². The summed E-state index contributed by atoms with van der Waals surface area (Å²) >= 11 is 0. The molecule has 104 valence electrons. The Kier molecular flexibility index (Phi) is 3.48. The van der Waals surface area contributed by atoms with Crippen LogP contribution in [0.5, 0.6) is 0 Å². The van der Waals surface area contributed by atoms with E-state index in [1.807, 2.05) is 72.8 Å². The molecular formula is C18H16N2O. The van der Waals surface area contributed by atoms with Crippen molar-refractivity contribution in [2.45, 2.75) is 0 Å². The lowest BCUT2D eigenvalue weighted by Gasteiger charge is -1.97. The van der Waals surface area contributed by atoms with Gasteiger partial charge < -0.3 is 15.9 Å². The summed E-state index contributed by atoms with van der Waals surface area (Å²) in [7, 11) is 0. The molecule has 4 N–H and O–H groups in total. The molecule has 0 aliphatic heterocycles. The summed E-state index contributed by atoms with van der Waals surface area (Å²) in [5, 5.41) is 0. The van der Waals surface area contributed by atoms with Crippen LogP contribution in [-0.2, 0) is 0 Å². The van der Waals surface area contributed by atoms with Crippen molar-refractivity contribution in [1.82, 2.24) is 0 Å². The zero-order valence-electron chi connectivity index (χ0n) is 11.5. The molecule has 3 nitrogen and oxygen atoms in total. The van der Waals surface area contributed by atoms with Gasteiger partial charge in [-0.05, 0) is 60.2 Å². The van der Waals surface area contributed by atoms with Crippen LogP contribution in [0.3, 0.4) is 0 Å². The van der Waals surface area contributed by atoms with Crippen molar-refractivity contribution in [2.24, 2.45) is 0 Å². The average molecular weight is 276 g/mol. The Bertz CT molecular complexity index is 753. The van der Waals surface area contributed by atoms with Crippen LogP contribution < -0.4 is 11.5 Å². The first-order chi connectivity index (χ1) is 10.2. The van der Waals surface area contributed by atoms with Gasteiger partial charge in [-0.15, -0.1) is 0 Å². The van der Waals surface area contributed by atoms with E-state index in [0.717, 1.165) is 34.0 Å². The SMILES string of the molecule is Nc1ccc(C=Cc2ccc(-c3ccc(N)cc3)o2)cc1. The van der Waals surface area contributed by atoms with Crippen LogP contribution in [0, 0.1) is 0 Å². The summed E-state index contributed by atoms with van der Waals surface area (Å²) in [5.74, 6) is 1.63. The van der Waals surface area contributed by atoms with Gasteiger partial charge >= 0.3 is 0 Å². The Morgan fingerprint density at radius 1 is 0.667 bits per heavy atom. The Morgan fingerprint density at radius 3 is 1.95 bits per heavy atom. The van der Waals surface area contributed by atoms with Crippen LogP contribution in [0.25, 0.3) is 23.5 Å². The van der Waals surface area contributed by atoms with Gasteiger partial charge in [-0.25, -0.2) is 0 Å². The van der Waals surface area contributed by atoms with Gasteiger partial charge in [-0.3, -0.25) is 0 Å². The van der Waals surface area contributed by atoms with Crippen molar-refractivity contribution in [1.29, 1.82) is 0 Å². The number of hydrogen-bond acceptors (Lipinski definition) is 3. The molecular weight excluding hydrogens is 260 g/mol. The maximum absolute atomic E-state index is 5.80. The number of hydrogen-bond donors (Lipinski definition) is 2. The average Bonchev–Trinajstić information content (AvgIpc) is 2.96. The summed E-state index contributed by atoms with van der Waals surface area (Å²) in [6.07, 6.45) is 3.93. The van der Waals surface area contributed by atoms with E-state index in [1.165, 1.54) is 0 Å². The lowest BCUT2D eigenvalue weighted by Crippen LogP contribution is -1.82. The molecule has 21 heavy (non-hydrogen) atoms. The number of benzene rings is 2. The highest BCUT2D eigenvalue weighted by molar-refractivity contribution is 5.70. The number of rotatable bonds is 3. The van der Waals surface area contributed by atoms with E-state index in [1.54, 1.807) is 0 Å². The zero-order chi connectivity index (χ0) is 14.7. The first-order valence-electron chi connectivity index (χ1n) is 6.70. The van der Waals surface area contributed by atoms with E-state index in [4.69, 9.17) is 15.9 Å². The van der Waals surface area contributed by atoms with Crippen LogP contribution in [0.1, 0.15) is 11.3 Å². The van der Waals surface area contributed by atoms with E-state index in [9.17, 15) is 0 Å². The number of furan rings is 1. The maximum atomic E-state index is 5.80. The highest BCUT2D eigenvalue weighted by Gasteiger charge is 2.02. The lowest BCUT2D eigenvalue weighted by molar-refractivity contribution is 0.572. The van der Waals surface area contributed by atoms with Gasteiger partial charge in [-0.1, -0.05) is 18.2 Å². The van der Waals surface area contributed by atoms with Crippen LogP contribution >= 0.6 is 0 Å². The second-order valence-corrected chi connectivity index (χ2v) is 4.82. The molecule has 0 fully saturated rings. The van der Waals surface area contributed by atoms with Crippen LogP contribution in [0.4, 0.5) is 11.4 Å². The molecule has 0 atom stereocenters. The fourth-order valence-corrected chi connectivity index (χ4v) is 2.03. The molecule has 0 radical (unpaired) electrons. The Morgan fingerprint density at radius 2 is 1.29 bits per heavy atom. The van der Waals surface area contributed by atoms with Crippen molar-refractivity contribution in [3.05, 3.63) is 72.0 Å². The van der Waals surface area contributed by atoms with Gasteiger partial charge in [0.15, 0.2) is 0 Å². The first kappa shape index (κ1) is 13.1. The molecule has 0 amide bonds. The van der Waals surface area contributed by atoms with Crippen molar-refractivity contribution >= 4 is 23.5 Å². The minimum absolute atomic E-state index is 0.744. The fraction of sp³-hybridized carbons (Fsp3) is 0. The van der Waals surface area contributed by atoms with Gasteiger partial charge in [0.05, 0.1) is 0 Å². The second-order valence-electron chi connectivity index (χ2n) is 4.82. The highest BCUT2D eigenvalue weighted by atomic mass is 16.3. The molecule has 0 saturated carbocycles. The first-order valence-corrected chi connectivity index (χ1v) is 6.70. The Labute approximate surface area is 123 Å². The quantitative estimate of drug-likeness (QED) is 0.702. The van der Waals surface area contributed by atoms with Crippen molar-refractivity contribution in [2.75, 3.05) is 11.5 Å². The van der Waals surface area contributed by atoms with Gasteiger partial charge in [-0.2, -0.15) is 0 Å². The topological polar surface area (TPSA) is 65.2 Å². The summed E-state index contributed by atoms with van der Waals surface area (Å²) in [5.41, 5.74) is 14.9. The van der Waals surface area contributed by atoms with E-state index >= 15 is 0 Å². The van der Waals surface area contributed by atoms with E-state index < -0.39 is 0 Å².